The summed E-state index contributed by atoms with van der Waals surface area (Å²) in [4.78, 5) is 11.8. The Labute approximate surface area is 89.1 Å². The molecule has 0 saturated heterocycles. The van der Waals surface area contributed by atoms with Crippen LogP contribution in [0.15, 0.2) is 16.8 Å². The third-order valence-electron chi connectivity index (χ3n) is 2.35. The highest BCUT2D eigenvalue weighted by Crippen LogP contribution is 2.15. The van der Waals surface area contributed by atoms with E-state index in [0.29, 0.717) is 6.42 Å². The predicted octanol–water partition coefficient (Wildman–Crippen LogP) is 2.38. The van der Waals surface area contributed by atoms with Gasteiger partial charge in [-0.15, -0.1) is 0 Å². The molecule has 2 nitrogen and oxygen atoms in total. The molecule has 1 aromatic heterocycles. The molecule has 2 N–H and O–H groups in total. The average molecular weight is 211 g/mol. The number of hydrogen-bond acceptors (Lipinski definition) is 3. The van der Waals surface area contributed by atoms with Crippen LogP contribution in [0.3, 0.4) is 0 Å². The lowest BCUT2D eigenvalue weighted by atomic mass is 9.89. The fourth-order valence-electron chi connectivity index (χ4n) is 1.44. The Hall–Kier alpha value is -0.670. The predicted molar refractivity (Wildman–Crippen MR) is 60.5 cm³/mol. The smallest absolute Gasteiger partial charge is 0.156 e. The quantitative estimate of drug-likeness (QED) is 0.812. The molecule has 1 rings (SSSR count). The van der Waals surface area contributed by atoms with Gasteiger partial charge in [-0.1, -0.05) is 13.3 Å². The van der Waals surface area contributed by atoms with Crippen molar-refractivity contribution >= 4 is 17.1 Å². The van der Waals surface area contributed by atoms with Crippen LogP contribution in [0.4, 0.5) is 0 Å². The summed E-state index contributed by atoms with van der Waals surface area (Å²) >= 11 is 1.61. The maximum Gasteiger partial charge on any atom is 0.156 e. The SMILES string of the molecule is CCCC(C)(N)C(=O)Cc1ccsc1. The van der Waals surface area contributed by atoms with Crippen molar-refractivity contribution in [2.24, 2.45) is 5.73 Å². The second kappa shape index (κ2) is 4.71. The minimum Gasteiger partial charge on any atom is -0.319 e. The van der Waals surface area contributed by atoms with E-state index in [2.05, 4.69) is 0 Å². The van der Waals surface area contributed by atoms with Gasteiger partial charge >= 0.3 is 0 Å². The van der Waals surface area contributed by atoms with Gasteiger partial charge < -0.3 is 5.73 Å². The van der Waals surface area contributed by atoms with Gasteiger partial charge in [0.15, 0.2) is 5.78 Å². The standard InChI is InChI=1S/C11H17NOS/c1-3-5-11(2,12)10(13)7-9-4-6-14-8-9/h4,6,8H,3,5,7,12H2,1-2H3. The number of carbonyl (C=O) groups is 1. The van der Waals surface area contributed by atoms with Gasteiger partial charge in [0.2, 0.25) is 0 Å². The largest absolute Gasteiger partial charge is 0.319 e. The summed E-state index contributed by atoms with van der Waals surface area (Å²) in [6.07, 6.45) is 2.18. The number of nitrogens with two attached hydrogens (primary N) is 1. The van der Waals surface area contributed by atoms with Gasteiger partial charge in [-0.25, -0.2) is 0 Å². The molecular formula is C11H17NOS. The second-order valence-corrected chi connectivity index (χ2v) is 4.68. The van der Waals surface area contributed by atoms with Crippen LogP contribution >= 0.6 is 11.3 Å². The molecule has 1 unspecified atom stereocenters. The van der Waals surface area contributed by atoms with E-state index < -0.39 is 5.54 Å². The number of hydrogen-bond donors (Lipinski definition) is 1. The van der Waals surface area contributed by atoms with Crippen molar-refractivity contribution in [2.45, 2.75) is 38.6 Å². The third-order valence-corrected chi connectivity index (χ3v) is 3.08. The lowest BCUT2D eigenvalue weighted by Gasteiger charge is -2.21. The Kier molecular flexibility index (Phi) is 3.84. The van der Waals surface area contributed by atoms with Crippen molar-refractivity contribution in [1.82, 2.24) is 0 Å². The molecule has 1 heterocycles. The van der Waals surface area contributed by atoms with E-state index in [0.717, 1.165) is 18.4 Å². The van der Waals surface area contributed by atoms with Crippen molar-refractivity contribution in [1.29, 1.82) is 0 Å². The van der Waals surface area contributed by atoms with Crippen LogP contribution in [-0.4, -0.2) is 11.3 Å². The maximum atomic E-state index is 11.8. The zero-order valence-electron chi connectivity index (χ0n) is 8.75. The van der Waals surface area contributed by atoms with Crippen LogP contribution in [0.25, 0.3) is 0 Å². The first kappa shape index (κ1) is 11.4. The van der Waals surface area contributed by atoms with E-state index in [4.69, 9.17) is 5.73 Å². The molecule has 0 fully saturated rings. The molecule has 3 heteroatoms. The maximum absolute atomic E-state index is 11.8. The Morgan fingerprint density at radius 2 is 2.36 bits per heavy atom. The van der Waals surface area contributed by atoms with Gasteiger partial charge in [0.1, 0.15) is 0 Å². The highest BCUT2D eigenvalue weighted by atomic mass is 32.1. The number of ketones is 1. The minimum absolute atomic E-state index is 0.137. The second-order valence-electron chi connectivity index (χ2n) is 3.90. The van der Waals surface area contributed by atoms with Crippen molar-refractivity contribution in [3.05, 3.63) is 22.4 Å². The molecule has 0 aliphatic carbocycles. The molecule has 0 radical (unpaired) electrons. The fraction of sp³-hybridized carbons (Fsp3) is 0.545. The number of carbonyl (C=O) groups excluding carboxylic acids is 1. The summed E-state index contributed by atoms with van der Waals surface area (Å²) in [7, 11) is 0. The molecule has 0 bridgehead atoms. The lowest BCUT2D eigenvalue weighted by Crippen LogP contribution is -2.45. The van der Waals surface area contributed by atoms with Crippen molar-refractivity contribution in [3.63, 3.8) is 0 Å². The summed E-state index contributed by atoms with van der Waals surface area (Å²) in [5.41, 5.74) is 6.36. The number of thiophene rings is 1. The highest BCUT2D eigenvalue weighted by molar-refractivity contribution is 7.07. The van der Waals surface area contributed by atoms with Gasteiger partial charge in [0, 0.05) is 6.42 Å². The fourth-order valence-corrected chi connectivity index (χ4v) is 2.11. The van der Waals surface area contributed by atoms with Crippen LogP contribution in [-0.2, 0) is 11.2 Å². The zero-order chi connectivity index (χ0) is 10.6. The summed E-state index contributed by atoms with van der Waals surface area (Å²) in [5.74, 6) is 0.137. The van der Waals surface area contributed by atoms with Gasteiger partial charge in [-0.05, 0) is 35.7 Å². The first-order chi connectivity index (χ1) is 6.56. The van der Waals surface area contributed by atoms with Gasteiger partial charge in [0.05, 0.1) is 5.54 Å². The van der Waals surface area contributed by atoms with E-state index in [1.165, 1.54) is 0 Å². The lowest BCUT2D eigenvalue weighted by molar-refractivity contribution is -0.123. The molecule has 0 aliphatic rings. The van der Waals surface area contributed by atoms with E-state index in [-0.39, 0.29) is 5.78 Å². The molecule has 0 amide bonds. The van der Waals surface area contributed by atoms with E-state index >= 15 is 0 Å². The summed E-state index contributed by atoms with van der Waals surface area (Å²) < 4.78 is 0. The van der Waals surface area contributed by atoms with Crippen LogP contribution < -0.4 is 5.73 Å². The zero-order valence-corrected chi connectivity index (χ0v) is 9.56. The first-order valence-electron chi connectivity index (χ1n) is 4.89. The van der Waals surface area contributed by atoms with Crippen LogP contribution in [0.2, 0.25) is 0 Å². The molecule has 1 aromatic rings. The average Bonchev–Trinajstić information content (AvgIpc) is 2.56. The van der Waals surface area contributed by atoms with Crippen molar-refractivity contribution in [3.8, 4) is 0 Å². The Morgan fingerprint density at radius 3 is 2.86 bits per heavy atom. The molecule has 0 saturated carbocycles. The molecule has 0 aromatic carbocycles. The number of Topliss-reactive ketones (excluding diaryl/α,β-unsaturated/α-hetero) is 1. The summed E-state index contributed by atoms with van der Waals surface area (Å²) in [6.45, 7) is 3.87. The molecule has 0 spiro atoms. The van der Waals surface area contributed by atoms with E-state index in [9.17, 15) is 4.79 Å². The molecule has 78 valence electrons. The monoisotopic (exact) mass is 211 g/mol. The van der Waals surface area contributed by atoms with Crippen LogP contribution in [0.1, 0.15) is 32.3 Å². The van der Waals surface area contributed by atoms with Crippen molar-refractivity contribution < 1.29 is 4.79 Å². The Balaban J connectivity index is 2.57. The Bertz CT molecular complexity index is 290. The van der Waals surface area contributed by atoms with Crippen LogP contribution in [0, 0.1) is 0 Å². The molecule has 1 atom stereocenters. The molecule has 0 aliphatic heterocycles. The molecular weight excluding hydrogens is 194 g/mol. The van der Waals surface area contributed by atoms with Crippen molar-refractivity contribution in [2.75, 3.05) is 0 Å². The van der Waals surface area contributed by atoms with E-state index in [1.807, 2.05) is 30.7 Å². The van der Waals surface area contributed by atoms with Gasteiger partial charge in [-0.2, -0.15) is 11.3 Å². The van der Waals surface area contributed by atoms with Crippen LogP contribution in [0.5, 0.6) is 0 Å². The highest BCUT2D eigenvalue weighted by Gasteiger charge is 2.26. The summed E-state index contributed by atoms with van der Waals surface area (Å²) in [6, 6.07) is 1.98. The normalized spacial score (nSPS) is 15.1. The van der Waals surface area contributed by atoms with Gasteiger partial charge in [0.25, 0.3) is 0 Å². The third kappa shape index (κ3) is 2.93. The topological polar surface area (TPSA) is 43.1 Å². The van der Waals surface area contributed by atoms with E-state index in [1.54, 1.807) is 11.3 Å². The number of rotatable bonds is 5. The Morgan fingerprint density at radius 1 is 1.64 bits per heavy atom. The van der Waals surface area contributed by atoms with Gasteiger partial charge in [-0.3, -0.25) is 4.79 Å². The minimum atomic E-state index is -0.656. The first-order valence-corrected chi connectivity index (χ1v) is 5.84. The molecule has 14 heavy (non-hydrogen) atoms. The summed E-state index contributed by atoms with van der Waals surface area (Å²) in [5, 5.41) is 3.98.